The Kier molecular flexibility index (Phi) is 13.9. The van der Waals surface area contributed by atoms with E-state index in [0.29, 0.717) is 6.42 Å². The molecular formula is C26H42BN3O7. The number of ether oxygens (including phenoxy) is 1. The lowest BCUT2D eigenvalue weighted by molar-refractivity contribution is -0.132. The molecule has 1 rings (SSSR count). The van der Waals surface area contributed by atoms with Crippen molar-refractivity contribution < 1.29 is 34.0 Å². The number of nitrogens with one attached hydrogen (secondary N) is 3. The highest BCUT2D eigenvalue weighted by molar-refractivity contribution is 6.79. The van der Waals surface area contributed by atoms with Gasteiger partial charge in [-0.2, -0.15) is 0 Å². The third kappa shape index (κ3) is 12.7. The zero-order valence-electron chi connectivity index (χ0n) is 22.7. The molecule has 0 fully saturated rings. The van der Waals surface area contributed by atoms with Crippen LogP contribution in [0.15, 0.2) is 30.3 Å². The Labute approximate surface area is 220 Å². The van der Waals surface area contributed by atoms with Crippen molar-refractivity contribution >= 4 is 30.7 Å². The molecule has 0 spiro atoms. The van der Waals surface area contributed by atoms with Crippen molar-refractivity contribution in [2.45, 2.75) is 85.5 Å². The van der Waals surface area contributed by atoms with Gasteiger partial charge in [0.1, 0.15) is 18.7 Å². The lowest BCUT2D eigenvalue weighted by Gasteiger charge is -2.27. The van der Waals surface area contributed by atoms with Crippen LogP contribution >= 0.6 is 0 Å². The summed E-state index contributed by atoms with van der Waals surface area (Å²) in [4.78, 5) is 50.9. The third-order valence-electron chi connectivity index (χ3n) is 5.49. The van der Waals surface area contributed by atoms with Crippen LogP contribution in [-0.2, 0) is 25.7 Å². The molecule has 0 bridgehead atoms. The van der Waals surface area contributed by atoms with Crippen LogP contribution in [0.1, 0.15) is 66.4 Å². The van der Waals surface area contributed by atoms with E-state index in [1.165, 1.54) is 0 Å². The predicted molar refractivity (Wildman–Crippen MR) is 141 cm³/mol. The molecule has 11 heteroatoms. The van der Waals surface area contributed by atoms with Crippen molar-refractivity contribution in [3.8, 4) is 0 Å². The van der Waals surface area contributed by atoms with Crippen molar-refractivity contribution in [3.63, 3.8) is 0 Å². The molecule has 5 N–H and O–H groups in total. The van der Waals surface area contributed by atoms with Crippen LogP contribution in [0.3, 0.4) is 0 Å². The predicted octanol–water partition coefficient (Wildman–Crippen LogP) is 1.97. The fraction of sp³-hybridized carbons (Fsp3) is 0.615. The molecule has 1 aromatic carbocycles. The number of carbonyl (C=O) groups excluding carboxylic acids is 4. The van der Waals surface area contributed by atoms with Crippen molar-refractivity contribution in [2.24, 2.45) is 17.8 Å². The zero-order chi connectivity index (χ0) is 28.1. The van der Waals surface area contributed by atoms with Crippen LogP contribution in [0.25, 0.3) is 0 Å². The first-order valence-electron chi connectivity index (χ1n) is 12.8. The van der Waals surface area contributed by atoms with E-state index < -0.39 is 48.8 Å². The summed E-state index contributed by atoms with van der Waals surface area (Å²) >= 11 is 0. The van der Waals surface area contributed by atoms with E-state index in [1.807, 2.05) is 71.9 Å². The van der Waals surface area contributed by atoms with Crippen molar-refractivity contribution in [1.82, 2.24) is 16.0 Å². The summed E-state index contributed by atoms with van der Waals surface area (Å²) in [6, 6.07) is 6.07. The van der Waals surface area contributed by atoms with Gasteiger partial charge in [-0.15, -0.1) is 0 Å². The molecule has 0 aliphatic carbocycles. The van der Waals surface area contributed by atoms with Gasteiger partial charge in [0.15, 0.2) is 5.68 Å². The monoisotopic (exact) mass is 519 g/mol. The quantitative estimate of drug-likeness (QED) is 0.222. The number of benzene rings is 1. The molecule has 1 aromatic rings. The Bertz CT molecular complexity index is 878. The molecule has 0 saturated heterocycles. The highest BCUT2D eigenvalue weighted by Crippen LogP contribution is 2.12. The lowest BCUT2D eigenvalue weighted by atomic mass is 9.77. The zero-order valence-corrected chi connectivity index (χ0v) is 22.7. The maximum atomic E-state index is 13.2. The van der Waals surface area contributed by atoms with E-state index in [9.17, 15) is 29.2 Å². The van der Waals surface area contributed by atoms with Crippen molar-refractivity contribution in [2.75, 3.05) is 0 Å². The van der Waals surface area contributed by atoms with Gasteiger partial charge in [-0.3, -0.25) is 9.59 Å². The minimum atomic E-state index is -2.22. The standard InChI is InChI=1S/C26H42BN3O7/c1-16(2)12-20(23(31)27(35)36)28-24(32)21(13-17(3)4)29-25(33)22(14-18(5)6)30-26(34)37-15-19-10-8-7-9-11-19/h7-11,16-18,20-22,35-36H,12-15H2,1-6H3,(H,28,32)(H,29,33)(H,30,34)/t20-,21+,22-/m1/s1. The van der Waals surface area contributed by atoms with Crippen LogP contribution < -0.4 is 16.0 Å². The summed E-state index contributed by atoms with van der Waals surface area (Å²) in [7, 11) is -2.22. The lowest BCUT2D eigenvalue weighted by Crippen LogP contribution is -2.57. The Balaban J connectivity index is 2.95. The molecule has 0 aliphatic rings. The van der Waals surface area contributed by atoms with E-state index in [1.54, 1.807) is 0 Å². The average molecular weight is 519 g/mol. The number of carbonyl (C=O) groups is 4. The summed E-state index contributed by atoms with van der Waals surface area (Å²) in [5.74, 6) is -1.10. The van der Waals surface area contributed by atoms with Gasteiger partial charge in [0, 0.05) is 0 Å². The Morgan fingerprint density at radius 1 is 0.730 bits per heavy atom. The van der Waals surface area contributed by atoms with Crippen molar-refractivity contribution in [3.05, 3.63) is 35.9 Å². The van der Waals surface area contributed by atoms with E-state index >= 15 is 0 Å². The molecule has 0 unspecified atom stereocenters. The molecular weight excluding hydrogens is 477 g/mol. The summed E-state index contributed by atoms with van der Waals surface area (Å²) in [6.45, 7) is 11.3. The number of hydrogen-bond acceptors (Lipinski definition) is 7. The second-order valence-electron chi connectivity index (χ2n) is 10.5. The Morgan fingerprint density at radius 2 is 1.16 bits per heavy atom. The Morgan fingerprint density at radius 3 is 1.62 bits per heavy atom. The molecule has 3 atom stereocenters. The van der Waals surface area contributed by atoms with E-state index in [2.05, 4.69) is 16.0 Å². The summed E-state index contributed by atoms with van der Waals surface area (Å²) in [5, 5.41) is 26.5. The van der Waals surface area contributed by atoms with Crippen LogP contribution in [-0.4, -0.2) is 58.9 Å². The van der Waals surface area contributed by atoms with E-state index in [4.69, 9.17) is 4.74 Å². The normalized spacial score (nSPS) is 13.6. The first kappa shape index (κ1) is 32.1. The fourth-order valence-corrected chi connectivity index (χ4v) is 3.76. The average Bonchev–Trinajstić information content (AvgIpc) is 2.80. The first-order valence-corrected chi connectivity index (χ1v) is 12.8. The van der Waals surface area contributed by atoms with E-state index in [0.717, 1.165) is 5.56 Å². The number of amides is 3. The highest BCUT2D eigenvalue weighted by atomic mass is 16.5. The summed E-state index contributed by atoms with van der Waals surface area (Å²) in [6.07, 6.45) is 0.0336. The molecule has 0 heterocycles. The van der Waals surface area contributed by atoms with Gasteiger partial charge in [-0.1, -0.05) is 71.9 Å². The van der Waals surface area contributed by atoms with Crippen LogP contribution in [0.5, 0.6) is 0 Å². The van der Waals surface area contributed by atoms with Gasteiger partial charge in [-0.25, -0.2) is 4.79 Å². The number of hydrogen-bond donors (Lipinski definition) is 5. The van der Waals surface area contributed by atoms with Gasteiger partial charge in [0.2, 0.25) is 11.8 Å². The molecule has 0 saturated carbocycles. The molecule has 3 amide bonds. The van der Waals surface area contributed by atoms with Crippen LogP contribution in [0.2, 0.25) is 0 Å². The smallest absolute Gasteiger partial charge is 0.445 e. The topological polar surface area (TPSA) is 154 Å². The van der Waals surface area contributed by atoms with Gasteiger partial charge in [0.05, 0.1) is 6.04 Å². The molecule has 10 nitrogen and oxygen atoms in total. The molecule has 206 valence electrons. The van der Waals surface area contributed by atoms with Gasteiger partial charge in [0.25, 0.3) is 0 Å². The van der Waals surface area contributed by atoms with Crippen LogP contribution in [0, 0.1) is 17.8 Å². The molecule has 0 radical (unpaired) electrons. The van der Waals surface area contributed by atoms with Gasteiger partial charge < -0.3 is 35.5 Å². The fourth-order valence-electron chi connectivity index (χ4n) is 3.76. The first-order chi connectivity index (χ1) is 17.3. The minimum Gasteiger partial charge on any atom is -0.445 e. The maximum Gasteiger partial charge on any atom is 0.529 e. The molecule has 0 aromatic heterocycles. The minimum absolute atomic E-state index is 0.00680. The second kappa shape index (κ2) is 16.0. The summed E-state index contributed by atoms with van der Waals surface area (Å²) < 4.78 is 5.25. The third-order valence-corrected chi connectivity index (χ3v) is 5.49. The molecule has 37 heavy (non-hydrogen) atoms. The van der Waals surface area contributed by atoms with E-state index in [-0.39, 0.29) is 37.2 Å². The number of rotatable bonds is 15. The molecule has 0 aliphatic heterocycles. The highest BCUT2D eigenvalue weighted by Gasteiger charge is 2.34. The number of alkyl carbamates (subject to hydrolysis) is 1. The van der Waals surface area contributed by atoms with Gasteiger partial charge >= 0.3 is 13.2 Å². The second-order valence-corrected chi connectivity index (χ2v) is 10.5. The SMILES string of the molecule is CC(C)C[C@H](NC(=O)[C@@H](CC(C)C)NC(=O)OCc1ccccc1)C(=O)N[C@H](CC(C)C)C(=O)B(O)O. The van der Waals surface area contributed by atoms with Crippen molar-refractivity contribution in [1.29, 1.82) is 0 Å². The largest absolute Gasteiger partial charge is 0.529 e. The summed E-state index contributed by atoms with van der Waals surface area (Å²) in [5.41, 5.74) is -0.119. The van der Waals surface area contributed by atoms with Gasteiger partial charge in [-0.05, 0) is 42.6 Å². The van der Waals surface area contributed by atoms with Crippen LogP contribution in [0.4, 0.5) is 4.79 Å². The Hall–Kier alpha value is -2.92. The maximum absolute atomic E-state index is 13.2.